The first-order valence-electron chi connectivity index (χ1n) is 3.40. The molecule has 0 unspecified atom stereocenters. The van der Waals surface area contributed by atoms with Crippen LogP contribution in [-0.4, -0.2) is 18.7 Å². The minimum atomic E-state index is 0.750. The van der Waals surface area contributed by atoms with Gasteiger partial charge in [-0.25, -0.2) is 4.98 Å². The molecule has 1 heterocycles. The van der Waals surface area contributed by atoms with Crippen molar-refractivity contribution in [3.63, 3.8) is 0 Å². The highest BCUT2D eigenvalue weighted by Gasteiger charge is 1.98. The van der Waals surface area contributed by atoms with Gasteiger partial charge in [0.1, 0.15) is 0 Å². The molecule has 0 saturated heterocycles. The van der Waals surface area contributed by atoms with Crippen molar-refractivity contribution in [3.8, 4) is 0 Å². The van der Waals surface area contributed by atoms with Crippen LogP contribution in [0.3, 0.4) is 0 Å². The second-order valence-electron chi connectivity index (χ2n) is 2.12. The number of ether oxygens (including phenoxy) is 1. The number of thiazole rings is 1. The molecule has 62 valence electrons. The van der Waals surface area contributed by atoms with Gasteiger partial charge in [0.25, 0.3) is 0 Å². The van der Waals surface area contributed by atoms with Gasteiger partial charge in [-0.15, -0.1) is 11.3 Å². The van der Waals surface area contributed by atoms with Gasteiger partial charge in [-0.1, -0.05) is 0 Å². The Morgan fingerprint density at radius 3 is 3.09 bits per heavy atom. The minimum absolute atomic E-state index is 0.750. The number of methoxy groups -OCH3 is 1. The van der Waals surface area contributed by atoms with Crippen molar-refractivity contribution in [2.45, 2.75) is 12.2 Å². The fraction of sp³-hybridized carbons (Fsp3) is 0.571. The summed E-state index contributed by atoms with van der Waals surface area (Å²) < 4.78 is 4.94. The van der Waals surface area contributed by atoms with Gasteiger partial charge in [0, 0.05) is 30.4 Å². The first kappa shape index (κ1) is 9.03. The fourth-order valence-electron chi connectivity index (χ4n) is 0.726. The lowest BCUT2D eigenvalue weighted by Gasteiger charge is -1.92. The predicted octanol–water partition coefficient (Wildman–Crippen LogP) is 1.76. The van der Waals surface area contributed by atoms with E-state index in [-0.39, 0.29) is 0 Å². The molecule has 1 aromatic heterocycles. The number of thiol groups is 1. The Hall–Kier alpha value is -0.0600. The molecule has 0 aliphatic rings. The van der Waals surface area contributed by atoms with E-state index in [0.29, 0.717) is 0 Å². The van der Waals surface area contributed by atoms with Crippen LogP contribution in [0.5, 0.6) is 0 Å². The molecule has 0 bridgehead atoms. The number of aromatic nitrogens is 1. The summed E-state index contributed by atoms with van der Waals surface area (Å²) in [6, 6.07) is 0. The van der Waals surface area contributed by atoms with Crippen molar-refractivity contribution in [2.75, 3.05) is 13.7 Å². The van der Waals surface area contributed by atoms with Gasteiger partial charge in [0.05, 0.1) is 11.6 Å². The van der Waals surface area contributed by atoms with E-state index < -0.39 is 0 Å². The largest absolute Gasteiger partial charge is 0.384 e. The van der Waals surface area contributed by atoms with Crippen LogP contribution in [0.4, 0.5) is 0 Å². The van der Waals surface area contributed by atoms with Crippen LogP contribution in [0.25, 0.3) is 0 Å². The Labute approximate surface area is 76.0 Å². The Balaban J connectivity index is 2.44. The molecule has 1 aromatic rings. The molecule has 0 radical (unpaired) electrons. The SMILES string of the molecule is COCCc1ncc(CS)s1. The summed E-state index contributed by atoms with van der Waals surface area (Å²) in [4.78, 5) is 5.44. The minimum Gasteiger partial charge on any atom is -0.384 e. The van der Waals surface area contributed by atoms with Crippen LogP contribution in [-0.2, 0) is 16.9 Å². The van der Waals surface area contributed by atoms with Gasteiger partial charge < -0.3 is 4.74 Å². The summed E-state index contributed by atoms with van der Waals surface area (Å²) >= 11 is 5.86. The van der Waals surface area contributed by atoms with Gasteiger partial charge in [-0.05, 0) is 0 Å². The number of hydrogen-bond donors (Lipinski definition) is 1. The maximum absolute atomic E-state index is 4.94. The molecule has 11 heavy (non-hydrogen) atoms. The van der Waals surface area contributed by atoms with Gasteiger partial charge in [-0.2, -0.15) is 12.6 Å². The van der Waals surface area contributed by atoms with E-state index >= 15 is 0 Å². The van der Waals surface area contributed by atoms with Gasteiger partial charge >= 0.3 is 0 Å². The fourth-order valence-corrected chi connectivity index (χ4v) is 1.76. The third kappa shape index (κ3) is 2.81. The molecular formula is C7H11NOS2. The van der Waals surface area contributed by atoms with Crippen LogP contribution in [0, 0.1) is 0 Å². The summed E-state index contributed by atoms with van der Waals surface area (Å²) in [5.41, 5.74) is 0. The van der Waals surface area contributed by atoms with E-state index in [1.54, 1.807) is 18.4 Å². The highest BCUT2D eigenvalue weighted by atomic mass is 32.1. The van der Waals surface area contributed by atoms with Crippen LogP contribution in [0.15, 0.2) is 6.20 Å². The second kappa shape index (κ2) is 4.74. The topological polar surface area (TPSA) is 22.1 Å². The molecule has 0 aliphatic carbocycles. The molecular weight excluding hydrogens is 178 g/mol. The first-order valence-corrected chi connectivity index (χ1v) is 4.85. The first-order chi connectivity index (χ1) is 5.36. The van der Waals surface area contributed by atoms with E-state index in [1.165, 1.54) is 4.88 Å². The average Bonchev–Trinajstić information content (AvgIpc) is 2.48. The molecule has 1 rings (SSSR count). The van der Waals surface area contributed by atoms with Crippen molar-refractivity contribution in [3.05, 3.63) is 16.1 Å². The zero-order valence-electron chi connectivity index (χ0n) is 6.41. The molecule has 2 nitrogen and oxygen atoms in total. The van der Waals surface area contributed by atoms with Gasteiger partial charge in [0.2, 0.25) is 0 Å². The van der Waals surface area contributed by atoms with Crippen molar-refractivity contribution in [1.29, 1.82) is 0 Å². The molecule has 0 amide bonds. The zero-order valence-corrected chi connectivity index (χ0v) is 8.12. The summed E-state index contributed by atoms with van der Waals surface area (Å²) in [5.74, 6) is 0.782. The average molecular weight is 189 g/mol. The molecule has 0 fully saturated rings. The van der Waals surface area contributed by atoms with Gasteiger partial charge in [-0.3, -0.25) is 0 Å². The van der Waals surface area contributed by atoms with Crippen LogP contribution in [0.2, 0.25) is 0 Å². The van der Waals surface area contributed by atoms with Crippen LogP contribution >= 0.6 is 24.0 Å². The molecule has 0 N–H and O–H groups in total. The third-order valence-corrected chi connectivity index (χ3v) is 2.89. The standard InChI is InChI=1S/C7H11NOS2/c1-9-3-2-7-8-4-6(5-10)11-7/h4,10H,2-3,5H2,1H3. The monoisotopic (exact) mass is 189 g/mol. The Morgan fingerprint density at radius 2 is 2.55 bits per heavy atom. The lowest BCUT2D eigenvalue weighted by molar-refractivity contribution is 0.202. The maximum atomic E-state index is 4.94. The lowest BCUT2D eigenvalue weighted by atomic mass is 10.5. The van der Waals surface area contributed by atoms with Gasteiger partial charge in [0.15, 0.2) is 0 Å². The Morgan fingerprint density at radius 1 is 1.73 bits per heavy atom. The summed E-state index contributed by atoms with van der Waals surface area (Å²) in [6.45, 7) is 0.750. The van der Waals surface area contributed by atoms with Crippen molar-refractivity contribution >= 4 is 24.0 Å². The number of nitrogens with zero attached hydrogens (tertiary/aromatic N) is 1. The van der Waals surface area contributed by atoms with E-state index in [4.69, 9.17) is 4.74 Å². The lowest BCUT2D eigenvalue weighted by Crippen LogP contribution is -1.92. The molecule has 4 heteroatoms. The smallest absolute Gasteiger partial charge is 0.0950 e. The van der Waals surface area contributed by atoms with E-state index in [9.17, 15) is 0 Å². The Kier molecular flexibility index (Phi) is 3.90. The highest BCUT2D eigenvalue weighted by molar-refractivity contribution is 7.79. The van der Waals surface area contributed by atoms with E-state index in [1.807, 2.05) is 6.20 Å². The quantitative estimate of drug-likeness (QED) is 0.729. The third-order valence-electron chi connectivity index (χ3n) is 1.28. The molecule has 0 aromatic carbocycles. The number of rotatable bonds is 4. The van der Waals surface area contributed by atoms with E-state index in [2.05, 4.69) is 17.6 Å². The van der Waals surface area contributed by atoms with Crippen molar-refractivity contribution in [1.82, 2.24) is 4.98 Å². The second-order valence-corrected chi connectivity index (χ2v) is 3.64. The number of hydrogen-bond acceptors (Lipinski definition) is 4. The molecule has 0 spiro atoms. The summed E-state index contributed by atoms with van der Waals surface area (Å²) in [7, 11) is 1.70. The molecule has 0 aliphatic heterocycles. The molecule has 0 saturated carbocycles. The zero-order chi connectivity index (χ0) is 8.10. The van der Waals surface area contributed by atoms with Crippen molar-refractivity contribution in [2.24, 2.45) is 0 Å². The van der Waals surface area contributed by atoms with Crippen LogP contribution in [0.1, 0.15) is 9.88 Å². The predicted molar refractivity (Wildman–Crippen MR) is 50.4 cm³/mol. The van der Waals surface area contributed by atoms with Crippen molar-refractivity contribution < 1.29 is 4.74 Å². The highest BCUT2D eigenvalue weighted by Crippen LogP contribution is 2.14. The summed E-state index contributed by atoms with van der Waals surface area (Å²) in [5, 5.41) is 1.14. The van der Waals surface area contributed by atoms with Crippen LogP contribution < -0.4 is 0 Å². The summed E-state index contributed by atoms with van der Waals surface area (Å²) in [6.07, 6.45) is 2.79. The molecule has 0 atom stereocenters. The Bertz CT molecular complexity index is 212. The van der Waals surface area contributed by atoms with E-state index in [0.717, 1.165) is 23.8 Å². The normalized spacial score (nSPS) is 10.4. The maximum Gasteiger partial charge on any atom is 0.0950 e.